The van der Waals surface area contributed by atoms with Crippen LogP contribution in [0.5, 0.6) is 0 Å². The van der Waals surface area contributed by atoms with Crippen molar-refractivity contribution < 1.29 is 13.9 Å². The molecule has 2 atom stereocenters. The second-order valence-corrected chi connectivity index (χ2v) is 9.48. The van der Waals surface area contributed by atoms with Crippen molar-refractivity contribution in [3.05, 3.63) is 70.8 Å². The molecule has 4 aromatic rings. The minimum absolute atomic E-state index is 0.0346. The molecule has 0 spiro atoms. The summed E-state index contributed by atoms with van der Waals surface area (Å²) in [5, 5.41) is 5.20. The zero-order valence-corrected chi connectivity index (χ0v) is 19.7. The Bertz CT molecular complexity index is 1260. The lowest BCUT2D eigenvalue weighted by Gasteiger charge is -2.30. The fourth-order valence-electron chi connectivity index (χ4n) is 4.57. The second-order valence-electron chi connectivity index (χ2n) is 8.57. The van der Waals surface area contributed by atoms with Gasteiger partial charge in [-0.1, -0.05) is 37.1 Å². The van der Waals surface area contributed by atoms with Gasteiger partial charge in [-0.05, 0) is 47.9 Å². The number of nitrogens with zero attached hydrogens (tertiary/aromatic N) is 2. The third-order valence-electron chi connectivity index (χ3n) is 6.31. The van der Waals surface area contributed by atoms with E-state index >= 15 is 0 Å². The summed E-state index contributed by atoms with van der Waals surface area (Å²) in [5.74, 6) is 0.525. The van der Waals surface area contributed by atoms with Crippen LogP contribution in [0.2, 0.25) is 0 Å². The number of carbonyl (C=O) groups excluding carboxylic acids is 1. The summed E-state index contributed by atoms with van der Waals surface area (Å²) in [5.41, 5.74) is 5.46. The predicted molar refractivity (Wildman–Crippen MR) is 130 cm³/mol. The molecule has 3 heterocycles. The largest absolute Gasteiger partial charge is 0.449 e. The maximum atomic E-state index is 13.1. The van der Waals surface area contributed by atoms with E-state index in [1.165, 1.54) is 0 Å². The van der Waals surface area contributed by atoms with Gasteiger partial charge in [-0.25, -0.2) is 9.97 Å². The maximum absolute atomic E-state index is 13.1. The van der Waals surface area contributed by atoms with Crippen LogP contribution in [0.1, 0.15) is 53.2 Å². The zero-order valence-electron chi connectivity index (χ0n) is 18.8. The number of hydrogen-bond acceptors (Lipinski definition) is 6. The molecule has 3 aromatic heterocycles. The molecule has 7 heteroatoms. The van der Waals surface area contributed by atoms with Gasteiger partial charge in [-0.2, -0.15) is 0 Å². The molecule has 1 N–H and O–H groups in total. The molecule has 5 rings (SSSR count). The van der Waals surface area contributed by atoms with E-state index in [-0.39, 0.29) is 18.1 Å². The van der Waals surface area contributed by atoms with Crippen LogP contribution in [0.4, 0.5) is 0 Å². The SMILES string of the molecule is CO[C@@H]1CCCC[C@H]1NC(=O)c1cc(Cc2ccc(-c3coc(C)n3)cc2)c2sccc2n1. The van der Waals surface area contributed by atoms with Crippen LogP contribution in [0.3, 0.4) is 0 Å². The predicted octanol–water partition coefficient (Wildman–Crippen LogP) is 5.54. The molecule has 0 unspecified atom stereocenters. The molecule has 0 saturated heterocycles. The third-order valence-corrected chi connectivity index (χ3v) is 7.28. The van der Waals surface area contributed by atoms with Crippen LogP contribution in [0.25, 0.3) is 21.5 Å². The molecule has 6 nitrogen and oxygen atoms in total. The summed E-state index contributed by atoms with van der Waals surface area (Å²) in [4.78, 5) is 22.1. The first-order valence-corrected chi connectivity index (χ1v) is 12.2. The minimum Gasteiger partial charge on any atom is -0.449 e. The number of aromatic nitrogens is 2. The molecule has 1 amide bonds. The first-order valence-electron chi connectivity index (χ1n) is 11.3. The van der Waals surface area contributed by atoms with Gasteiger partial charge in [0.1, 0.15) is 17.7 Å². The van der Waals surface area contributed by atoms with Crippen LogP contribution >= 0.6 is 11.3 Å². The van der Waals surface area contributed by atoms with Crippen LogP contribution in [-0.4, -0.2) is 35.1 Å². The Labute approximate surface area is 197 Å². The van der Waals surface area contributed by atoms with Crippen LogP contribution in [-0.2, 0) is 11.2 Å². The molecule has 0 aliphatic heterocycles. The number of aryl methyl sites for hydroxylation is 1. The van der Waals surface area contributed by atoms with Gasteiger partial charge in [0.2, 0.25) is 0 Å². The zero-order chi connectivity index (χ0) is 22.8. The molecule has 1 aliphatic rings. The highest BCUT2D eigenvalue weighted by Gasteiger charge is 2.27. The van der Waals surface area contributed by atoms with Gasteiger partial charge in [0.25, 0.3) is 5.91 Å². The van der Waals surface area contributed by atoms with Gasteiger partial charge >= 0.3 is 0 Å². The highest BCUT2D eigenvalue weighted by molar-refractivity contribution is 7.17. The lowest BCUT2D eigenvalue weighted by molar-refractivity contribution is 0.0391. The molecule has 1 aromatic carbocycles. The molecule has 170 valence electrons. The highest BCUT2D eigenvalue weighted by Crippen LogP contribution is 2.28. The smallest absolute Gasteiger partial charge is 0.270 e. The van der Waals surface area contributed by atoms with Crippen molar-refractivity contribution in [3.8, 4) is 11.3 Å². The van der Waals surface area contributed by atoms with E-state index in [0.29, 0.717) is 11.6 Å². The number of ether oxygens (including phenoxy) is 1. The van der Waals surface area contributed by atoms with E-state index < -0.39 is 0 Å². The number of nitrogens with one attached hydrogen (secondary N) is 1. The lowest BCUT2D eigenvalue weighted by Crippen LogP contribution is -2.46. The molecular weight excluding hydrogens is 434 g/mol. The minimum atomic E-state index is -0.130. The van der Waals surface area contributed by atoms with Gasteiger partial charge < -0.3 is 14.5 Å². The average Bonchev–Trinajstić information content (AvgIpc) is 3.49. The number of benzene rings is 1. The Morgan fingerprint density at radius 1 is 1.18 bits per heavy atom. The molecule has 33 heavy (non-hydrogen) atoms. The number of methoxy groups -OCH3 is 1. The van der Waals surface area contributed by atoms with Crippen molar-refractivity contribution >= 4 is 27.5 Å². The van der Waals surface area contributed by atoms with Gasteiger partial charge in [0, 0.05) is 19.6 Å². The number of fused-ring (bicyclic) bond motifs is 1. The van der Waals surface area contributed by atoms with Crippen molar-refractivity contribution in [2.75, 3.05) is 7.11 Å². The van der Waals surface area contributed by atoms with Crippen molar-refractivity contribution in [2.24, 2.45) is 0 Å². The first-order chi connectivity index (χ1) is 16.1. The standard InChI is InChI=1S/C26H27N3O3S/c1-16-27-23(15-32-16)18-9-7-17(8-10-18)13-19-14-22(28-21-11-12-33-25(19)21)26(30)29-20-5-3-4-6-24(20)31-2/h7-12,14-15,20,24H,3-6,13H2,1-2H3,(H,29,30)/t20-,24-/m1/s1. The maximum Gasteiger partial charge on any atom is 0.270 e. The van der Waals surface area contributed by atoms with Gasteiger partial charge in [-0.3, -0.25) is 4.79 Å². The van der Waals surface area contributed by atoms with E-state index in [1.54, 1.807) is 24.7 Å². The van der Waals surface area contributed by atoms with E-state index in [1.807, 2.05) is 24.4 Å². The lowest BCUT2D eigenvalue weighted by atomic mass is 9.92. The molecule has 0 radical (unpaired) electrons. The van der Waals surface area contributed by atoms with Gasteiger partial charge in [0.15, 0.2) is 5.89 Å². The van der Waals surface area contributed by atoms with Crippen molar-refractivity contribution in [3.63, 3.8) is 0 Å². The molecule has 1 fully saturated rings. The average molecular weight is 462 g/mol. The normalized spacial score (nSPS) is 18.5. The van der Waals surface area contributed by atoms with Gasteiger partial charge in [-0.15, -0.1) is 11.3 Å². The van der Waals surface area contributed by atoms with Crippen molar-refractivity contribution in [1.82, 2.24) is 15.3 Å². The number of rotatable bonds is 6. The van der Waals surface area contributed by atoms with Gasteiger partial charge in [0.05, 0.1) is 22.4 Å². The topological polar surface area (TPSA) is 77.2 Å². The highest BCUT2D eigenvalue weighted by atomic mass is 32.1. The molecule has 1 saturated carbocycles. The summed E-state index contributed by atoms with van der Waals surface area (Å²) in [7, 11) is 1.72. The second kappa shape index (κ2) is 9.45. The number of pyridine rings is 1. The number of hydrogen-bond donors (Lipinski definition) is 1. The summed E-state index contributed by atoms with van der Waals surface area (Å²) < 4.78 is 12.0. The van der Waals surface area contributed by atoms with E-state index in [0.717, 1.165) is 64.7 Å². The van der Waals surface area contributed by atoms with Crippen LogP contribution < -0.4 is 5.32 Å². The monoisotopic (exact) mass is 461 g/mol. The van der Waals surface area contributed by atoms with Crippen LogP contribution in [0, 0.1) is 6.92 Å². The van der Waals surface area contributed by atoms with Crippen molar-refractivity contribution in [2.45, 2.75) is 51.2 Å². The molecule has 1 aliphatic carbocycles. The number of amides is 1. The Morgan fingerprint density at radius 3 is 2.76 bits per heavy atom. The summed E-state index contributed by atoms with van der Waals surface area (Å²) in [6.07, 6.45) is 6.64. The first kappa shape index (κ1) is 21.8. The Kier molecular flexibility index (Phi) is 6.24. The number of carbonyl (C=O) groups is 1. The van der Waals surface area contributed by atoms with E-state index in [2.05, 4.69) is 39.6 Å². The van der Waals surface area contributed by atoms with E-state index in [4.69, 9.17) is 9.15 Å². The number of thiophene rings is 1. The quantitative estimate of drug-likeness (QED) is 0.408. The van der Waals surface area contributed by atoms with E-state index in [9.17, 15) is 4.79 Å². The molecule has 0 bridgehead atoms. The Hall–Kier alpha value is -3.03. The Balaban J connectivity index is 1.38. The van der Waals surface area contributed by atoms with Crippen LogP contribution in [0.15, 0.2) is 52.5 Å². The summed E-state index contributed by atoms with van der Waals surface area (Å²) in [6, 6.07) is 12.3. The molecular formula is C26H27N3O3S. The summed E-state index contributed by atoms with van der Waals surface area (Å²) >= 11 is 1.66. The summed E-state index contributed by atoms with van der Waals surface area (Å²) in [6.45, 7) is 1.84. The Morgan fingerprint density at radius 2 is 2.00 bits per heavy atom. The fourth-order valence-corrected chi connectivity index (χ4v) is 5.42. The third kappa shape index (κ3) is 4.70. The van der Waals surface area contributed by atoms with Crippen molar-refractivity contribution in [1.29, 1.82) is 0 Å². The number of oxazole rings is 1. The fraction of sp³-hybridized carbons (Fsp3) is 0.346.